The number of carbonyl (C=O) groups excluding carboxylic acids is 1. The molecule has 2 aromatic carbocycles. The summed E-state index contributed by atoms with van der Waals surface area (Å²) < 4.78 is 11.1. The first-order valence-corrected chi connectivity index (χ1v) is 12.2. The van der Waals surface area contributed by atoms with Gasteiger partial charge >= 0.3 is 0 Å². The summed E-state index contributed by atoms with van der Waals surface area (Å²) in [6.45, 7) is 9.00. The summed E-state index contributed by atoms with van der Waals surface area (Å²) >= 11 is 0. The van der Waals surface area contributed by atoms with Gasteiger partial charge < -0.3 is 14.2 Å². The van der Waals surface area contributed by atoms with Crippen LogP contribution >= 0.6 is 0 Å². The summed E-state index contributed by atoms with van der Waals surface area (Å²) in [5.74, 6) is 2.43. The van der Waals surface area contributed by atoms with E-state index in [2.05, 4.69) is 34.1 Å². The molecule has 0 bridgehead atoms. The summed E-state index contributed by atoms with van der Waals surface area (Å²) in [5, 5.41) is 4.11. The first kappa shape index (κ1) is 24.0. The molecule has 180 valence electrons. The van der Waals surface area contributed by atoms with Gasteiger partial charge in [-0.1, -0.05) is 53.2 Å². The molecule has 1 fully saturated rings. The number of nitrogens with zero attached hydrogens (tertiary/aromatic N) is 4. The Morgan fingerprint density at radius 3 is 2.56 bits per heavy atom. The smallest absolute Gasteiger partial charge is 0.227 e. The lowest BCUT2D eigenvalue weighted by atomic mass is 10.1. The summed E-state index contributed by atoms with van der Waals surface area (Å²) in [4.78, 5) is 21.7. The van der Waals surface area contributed by atoms with Crippen molar-refractivity contribution in [3.05, 3.63) is 65.5 Å². The SMILES string of the molecule is CCOc1ccccc1CCC(=O)N1CCN(CCCc2nc(-c3ccc(C)cc3)no2)CC1. The molecule has 0 saturated carbocycles. The van der Waals surface area contributed by atoms with E-state index in [0.29, 0.717) is 31.2 Å². The Balaban J connectivity index is 1.16. The highest BCUT2D eigenvalue weighted by atomic mass is 16.5. The first-order chi connectivity index (χ1) is 16.6. The second-order valence-electron chi connectivity index (χ2n) is 8.74. The number of amides is 1. The van der Waals surface area contributed by atoms with Crippen LogP contribution < -0.4 is 4.74 Å². The van der Waals surface area contributed by atoms with Gasteiger partial charge in [-0.15, -0.1) is 0 Å². The number of para-hydroxylation sites is 1. The lowest BCUT2D eigenvalue weighted by Gasteiger charge is -2.34. The molecule has 4 rings (SSSR count). The van der Waals surface area contributed by atoms with Crippen LogP contribution in [0.2, 0.25) is 0 Å². The van der Waals surface area contributed by atoms with E-state index in [9.17, 15) is 4.79 Å². The monoisotopic (exact) mass is 462 g/mol. The number of benzene rings is 2. The van der Waals surface area contributed by atoms with Gasteiger partial charge in [0.25, 0.3) is 0 Å². The molecule has 2 heterocycles. The Morgan fingerprint density at radius 1 is 1.03 bits per heavy atom. The van der Waals surface area contributed by atoms with Crippen LogP contribution in [0.15, 0.2) is 53.1 Å². The Morgan fingerprint density at radius 2 is 1.79 bits per heavy atom. The number of carbonyl (C=O) groups is 1. The van der Waals surface area contributed by atoms with Crippen molar-refractivity contribution in [2.75, 3.05) is 39.3 Å². The summed E-state index contributed by atoms with van der Waals surface area (Å²) in [7, 11) is 0. The van der Waals surface area contributed by atoms with Crippen molar-refractivity contribution in [1.29, 1.82) is 0 Å². The predicted octanol–water partition coefficient (Wildman–Crippen LogP) is 4.15. The van der Waals surface area contributed by atoms with E-state index in [-0.39, 0.29) is 5.91 Å². The van der Waals surface area contributed by atoms with Crippen molar-refractivity contribution in [1.82, 2.24) is 19.9 Å². The highest BCUT2D eigenvalue weighted by Crippen LogP contribution is 2.20. The predicted molar refractivity (Wildman–Crippen MR) is 132 cm³/mol. The van der Waals surface area contributed by atoms with Crippen molar-refractivity contribution in [3.8, 4) is 17.1 Å². The molecule has 0 spiro atoms. The minimum absolute atomic E-state index is 0.223. The number of aromatic nitrogens is 2. The quantitative estimate of drug-likeness (QED) is 0.451. The first-order valence-electron chi connectivity index (χ1n) is 12.2. The van der Waals surface area contributed by atoms with Gasteiger partial charge in [0.15, 0.2) is 0 Å². The molecule has 1 amide bonds. The fourth-order valence-corrected chi connectivity index (χ4v) is 4.26. The highest BCUT2D eigenvalue weighted by molar-refractivity contribution is 5.76. The number of hydrogen-bond donors (Lipinski definition) is 0. The van der Waals surface area contributed by atoms with Gasteiger partial charge in [-0.2, -0.15) is 4.98 Å². The molecule has 0 radical (unpaired) electrons. The van der Waals surface area contributed by atoms with Crippen molar-refractivity contribution in [2.24, 2.45) is 0 Å². The van der Waals surface area contributed by atoms with E-state index in [4.69, 9.17) is 9.26 Å². The van der Waals surface area contributed by atoms with Crippen LogP contribution in [0.4, 0.5) is 0 Å². The van der Waals surface area contributed by atoms with E-state index in [0.717, 1.165) is 62.4 Å². The van der Waals surface area contributed by atoms with Crippen LogP contribution in [0, 0.1) is 6.92 Å². The lowest BCUT2D eigenvalue weighted by Crippen LogP contribution is -2.48. The molecule has 7 nitrogen and oxygen atoms in total. The minimum atomic E-state index is 0.223. The molecule has 0 atom stereocenters. The molecule has 0 unspecified atom stereocenters. The van der Waals surface area contributed by atoms with Crippen molar-refractivity contribution in [3.63, 3.8) is 0 Å². The van der Waals surface area contributed by atoms with E-state index in [1.165, 1.54) is 5.56 Å². The summed E-state index contributed by atoms with van der Waals surface area (Å²) in [5.41, 5.74) is 3.28. The van der Waals surface area contributed by atoms with Crippen LogP contribution in [-0.4, -0.2) is 65.2 Å². The summed E-state index contributed by atoms with van der Waals surface area (Å²) in [6, 6.07) is 16.1. The zero-order valence-corrected chi connectivity index (χ0v) is 20.2. The molecule has 1 aliphatic rings. The number of hydrogen-bond acceptors (Lipinski definition) is 6. The van der Waals surface area contributed by atoms with E-state index < -0.39 is 0 Å². The standard InChI is InChI=1S/C27H34N4O3/c1-3-33-24-8-5-4-7-22(24)14-15-26(32)31-19-17-30(18-20-31)16-6-9-25-28-27(29-34-25)23-12-10-21(2)11-13-23/h4-5,7-8,10-13H,3,6,9,14-20H2,1-2H3. The normalized spacial score (nSPS) is 14.4. The molecule has 0 N–H and O–H groups in total. The molecular weight excluding hydrogens is 428 g/mol. The van der Waals surface area contributed by atoms with Gasteiger partial charge in [0, 0.05) is 44.6 Å². The maximum atomic E-state index is 12.7. The molecular formula is C27H34N4O3. The fourth-order valence-electron chi connectivity index (χ4n) is 4.26. The second kappa shape index (κ2) is 11.8. The molecule has 1 saturated heterocycles. The van der Waals surface area contributed by atoms with Gasteiger partial charge in [0.2, 0.25) is 17.6 Å². The molecule has 0 aliphatic carbocycles. The van der Waals surface area contributed by atoms with Gasteiger partial charge in [-0.3, -0.25) is 9.69 Å². The molecule has 7 heteroatoms. The van der Waals surface area contributed by atoms with Gasteiger partial charge in [0.05, 0.1) is 6.61 Å². The second-order valence-corrected chi connectivity index (χ2v) is 8.74. The van der Waals surface area contributed by atoms with Crippen LogP contribution in [0.1, 0.15) is 36.8 Å². The topological polar surface area (TPSA) is 71.7 Å². The van der Waals surface area contributed by atoms with Gasteiger partial charge in [-0.05, 0) is 44.9 Å². The van der Waals surface area contributed by atoms with E-state index in [1.54, 1.807) is 0 Å². The lowest BCUT2D eigenvalue weighted by molar-refractivity contribution is -0.132. The largest absolute Gasteiger partial charge is 0.494 e. The summed E-state index contributed by atoms with van der Waals surface area (Å²) in [6.07, 6.45) is 2.95. The third-order valence-corrected chi connectivity index (χ3v) is 6.25. The molecule has 1 aliphatic heterocycles. The van der Waals surface area contributed by atoms with Crippen LogP contribution in [0.5, 0.6) is 5.75 Å². The Labute approximate surface area is 201 Å². The van der Waals surface area contributed by atoms with Gasteiger partial charge in [0.1, 0.15) is 5.75 Å². The maximum absolute atomic E-state index is 12.7. The average molecular weight is 463 g/mol. The Kier molecular flexibility index (Phi) is 8.31. The van der Waals surface area contributed by atoms with E-state index >= 15 is 0 Å². The van der Waals surface area contributed by atoms with E-state index in [1.807, 2.05) is 48.2 Å². The fraction of sp³-hybridized carbons (Fsp3) is 0.444. The van der Waals surface area contributed by atoms with Crippen LogP contribution in [0.25, 0.3) is 11.4 Å². The third kappa shape index (κ3) is 6.44. The Hall–Kier alpha value is -3.19. The molecule has 1 aromatic heterocycles. The zero-order valence-electron chi connectivity index (χ0n) is 20.2. The van der Waals surface area contributed by atoms with Crippen molar-refractivity contribution >= 4 is 5.91 Å². The van der Waals surface area contributed by atoms with Crippen molar-refractivity contribution in [2.45, 2.75) is 39.5 Å². The van der Waals surface area contributed by atoms with Gasteiger partial charge in [-0.25, -0.2) is 0 Å². The minimum Gasteiger partial charge on any atom is -0.494 e. The van der Waals surface area contributed by atoms with Crippen molar-refractivity contribution < 1.29 is 14.1 Å². The Bertz CT molecular complexity index is 1060. The molecule has 34 heavy (non-hydrogen) atoms. The number of ether oxygens (including phenoxy) is 1. The number of piperazine rings is 1. The van der Waals surface area contributed by atoms with Crippen LogP contribution in [-0.2, 0) is 17.6 Å². The third-order valence-electron chi connectivity index (χ3n) is 6.25. The maximum Gasteiger partial charge on any atom is 0.227 e. The zero-order chi connectivity index (χ0) is 23.8. The number of aryl methyl sites for hydroxylation is 3. The van der Waals surface area contributed by atoms with Crippen LogP contribution in [0.3, 0.4) is 0 Å². The highest BCUT2D eigenvalue weighted by Gasteiger charge is 2.21. The number of rotatable bonds is 10. The average Bonchev–Trinajstić information content (AvgIpc) is 3.33. The molecule has 3 aromatic rings.